The minimum absolute atomic E-state index is 0.0392. The summed E-state index contributed by atoms with van der Waals surface area (Å²) >= 11 is 0. The number of phenolic OH excluding ortho intramolecular Hbond substituents is 1. The second-order valence-corrected chi connectivity index (χ2v) is 7.64. The Bertz CT molecular complexity index is 841. The second kappa shape index (κ2) is 7.13. The Hall–Kier alpha value is -2.70. The van der Waals surface area contributed by atoms with Gasteiger partial charge in [0.25, 0.3) is 5.91 Å². The Kier molecular flexibility index (Phi) is 4.68. The fourth-order valence-corrected chi connectivity index (χ4v) is 4.06. The van der Waals surface area contributed by atoms with Crippen LogP contribution in [0.25, 0.3) is 0 Å². The van der Waals surface area contributed by atoms with E-state index in [1.165, 1.54) is 19.3 Å². The van der Waals surface area contributed by atoms with Crippen LogP contribution in [0, 0.1) is 0 Å². The zero-order valence-electron chi connectivity index (χ0n) is 16.0. The van der Waals surface area contributed by atoms with Crippen molar-refractivity contribution in [1.29, 1.82) is 0 Å². The highest BCUT2D eigenvalue weighted by molar-refractivity contribution is 5.99. The van der Waals surface area contributed by atoms with E-state index in [1.54, 1.807) is 24.1 Å². The van der Waals surface area contributed by atoms with E-state index in [9.17, 15) is 9.90 Å². The summed E-state index contributed by atoms with van der Waals surface area (Å²) in [5.74, 6) is 1.61. The largest absolute Gasteiger partial charge is 0.508 e. The van der Waals surface area contributed by atoms with Crippen LogP contribution in [0.15, 0.2) is 24.3 Å². The highest BCUT2D eigenvalue weighted by Crippen LogP contribution is 2.32. The molecule has 1 aliphatic heterocycles. The molecule has 0 saturated heterocycles. The number of phenols is 1. The molecule has 1 aromatic heterocycles. The number of carbonyl (C=O) groups is 1. The first kappa shape index (κ1) is 17.7. The lowest BCUT2D eigenvalue weighted by atomic mass is 9.96. The van der Waals surface area contributed by atoms with E-state index in [-0.39, 0.29) is 11.7 Å². The van der Waals surface area contributed by atoms with Crippen molar-refractivity contribution in [1.82, 2.24) is 14.5 Å². The van der Waals surface area contributed by atoms with Crippen LogP contribution in [0.4, 0.5) is 11.8 Å². The van der Waals surface area contributed by atoms with Crippen molar-refractivity contribution in [2.45, 2.75) is 44.7 Å². The number of aromatic nitrogens is 2. The molecule has 1 aliphatic carbocycles. The lowest BCUT2D eigenvalue weighted by molar-refractivity contribution is 0.0774. The molecule has 1 saturated carbocycles. The molecule has 0 radical (unpaired) electrons. The maximum absolute atomic E-state index is 12.9. The van der Waals surface area contributed by atoms with Gasteiger partial charge in [0.15, 0.2) is 11.5 Å². The molecule has 1 fully saturated rings. The van der Waals surface area contributed by atoms with Gasteiger partial charge in [-0.3, -0.25) is 9.36 Å². The number of fused-ring (bicyclic) bond motifs is 1. The monoisotopic (exact) mass is 369 g/mol. The number of anilines is 2. The summed E-state index contributed by atoms with van der Waals surface area (Å²) < 4.78 is 1.92. The first-order valence-corrected chi connectivity index (χ1v) is 9.65. The molecular weight excluding hydrogens is 342 g/mol. The van der Waals surface area contributed by atoms with E-state index >= 15 is 0 Å². The van der Waals surface area contributed by atoms with Gasteiger partial charge in [0, 0.05) is 25.7 Å². The molecule has 7 heteroatoms. The molecule has 0 bridgehead atoms. The third-order valence-corrected chi connectivity index (χ3v) is 5.54. The predicted octanol–water partition coefficient (Wildman–Crippen LogP) is 2.86. The van der Waals surface area contributed by atoms with Crippen LogP contribution in [-0.2, 0) is 6.54 Å². The zero-order chi connectivity index (χ0) is 19.0. The van der Waals surface area contributed by atoms with E-state index in [4.69, 9.17) is 4.98 Å². The molecule has 2 aromatic rings. The molecule has 1 aromatic carbocycles. The van der Waals surface area contributed by atoms with Crippen molar-refractivity contribution in [3.63, 3.8) is 0 Å². The van der Waals surface area contributed by atoms with Crippen LogP contribution < -0.4 is 10.2 Å². The van der Waals surface area contributed by atoms with Gasteiger partial charge in [0.2, 0.25) is 5.95 Å². The lowest BCUT2D eigenvalue weighted by Crippen LogP contribution is -2.43. The van der Waals surface area contributed by atoms with Gasteiger partial charge < -0.3 is 20.2 Å². The first-order valence-electron chi connectivity index (χ1n) is 9.65. The van der Waals surface area contributed by atoms with Crippen molar-refractivity contribution in [3.05, 3.63) is 35.5 Å². The average molecular weight is 369 g/mol. The highest BCUT2D eigenvalue weighted by Gasteiger charge is 2.33. The maximum Gasteiger partial charge on any atom is 0.275 e. The van der Waals surface area contributed by atoms with E-state index in [0.717, 1.165) is 18.4 Å². The third-order valence-electron chi connectivity index (χ3n) is 5.54. The standard InChI is InChI=1S/C20H27N5O2/c1-23-13-24(2)19(27)17-18(23)22-20(21-15-9-4-3-5-10-15)25(17)12-14-8-6-7-11-16(14)26/h6-8,11,15,26H,3-5,9-10,12-13H2,1-2H3,(H,21,22). The van der Waals surface area contributed by atoms with Crippen molar-refractivity contribution in [2.24, 2.45) is 0 Å². The summed E-state index contributed by atoms with van der Waals surface area (Å²) in [4.78, 5) is 21.4. The molecular formula is C20H27N5O2. The Balaban J connectivity index is 1.75. The summed E-state index contributed by atoms with van der Waals surface area (Å²) in [6.45, 7) is 0.916. The minimum Gasteiger partial charge on any atom is -0.508 e. The Morgan fingerprint density at radius 3 is 2.63 bits per heavy atom. The lowest BCUT2D eigenvalue weighted by Gasteiger charge is -2.31. The third kappa shape index (κ3) is 3.34. The quantitative estimate of drug-likeness (QED) is 0.867. The van der Waals surface area contributed by atoms with Gasteiger partial charge in [-0.25, -0.2) is 0 Å². The minimum atomic E-state index is -0.0392. The van der Waals surface area contributed by atoms with Gasteiger partial charge in [-0.05, 0) is 18.9 Å². The van der Waals surface area contributed by atoms with Gasteiger partial charge in [-0.2, -0.15) is 4.98 Å². The first-order chi connectivity index (χ1) is 13.0. The topological polar surface area (TPSA) is 73.6 Å². The number of carbonyl (C=O) groups excluding carboxylic acids is 1. The highest BCUT2D eigenvalue weighted by atomic mass is 16.3. The molecule has 144 valence electrons. The van der Waals surface area contributed by atoms with E-state index in [1.807, 2.05) is 28.6 Å². The second-order valence-electron chi connectivity index (χ2n) is 7.64. The number of imidazole rings is 1. The summed E-state index contributed by atoms with van der Waals surface area (Å²) in [6, 6.07) is 7.63. The van der Waals surface area contributed by atoms with Crippen molar-refractivity contribution in [2.75, 3.05) is 31.0 Å². The summed E-state index contributed by atoms with van der Waals surface area (Å²) in [5, 5.41) is 13.8. The number of amides is 1. The maximum atomic E-state index is 12.9. The molecule has 2 N–H and O–H groups in total. The molecule has 4 rings (SSSR count). The van der Waals surface area contributed by atoms with Crippen LogP contribution >= 0.6 is 0 Å². The molecule has 27 heavy (non-hydrogen) atoms. The number of aromatic hydroxyl groups is 1. The molecule has 7 nitrogen and oxygen atoms in total. The van der Waals surface area contributed by atoms with Crippen LogP contribution in [0.2, 0.25) is 0 Å². The van der Waals surface area contributed by atoms with Crippen LogP contribution in [-0.4, -0.2) is 52.3 Å². The summed E-state index contributed by atoms with van der Waals surface area (Å²) in [5.41, 5.74) is 1.35. The number of benzene rings is 1. The number of hydrogen-bond acceptors (Lipinski definition) is 5. The SMILES string of the molecule is CN1CN(C)c2nc(NC3CCCCC3)n(Cc3ccccc3O)c2C1=O. The van der Waals surface area contributed by atoms with E-state index in [2.05, 4.69) is 5.32 Å². The van der Waals surface area contributed by atoms with E-state index in [0.29, 0.717) is 36.7 Å². The Morgan fingerprint density at radius 1 is 1.15 bits per heavy atom. The van der Waals surface area contributed by atoms with Gasteiger partial charge >= 0.3 is 0 Å². The van der Waals surface area contributed by atoms with Crippen molar-refractivity contribution >= 4 is 17.7 Å². The molecule has 2 aliphatic rings. The van der Waals surface area contributed by atoms with Gasteiger partial charge in [0.1, 0.15) is 5.75 Å². The molecule has 1 amide bonds. The molecule has 0 unspecified atom stereocenters. The summed E-state index contributed by atoms with van der Waals surface area (Å²) in [6.07, 6.45) is 5.97. The molecule has 0 spiro atoms. The smallest absolute Gasteiger partial charge is 0.275 e. The number of hydrogen-bond donors (Lipinski definition) is 2. The Morgan fingerprint density at radius 2 is 1.89 bits per heavy atom. The number of para-hydroxylation sites is 1. The number of nitrogens with one attached hydrogen (secondary N) is 1. The van der Waals surface area contributed by atoms with Gasteiger partial charge in [-0.15, -0.1) is 0 Å². The number of rotatable bonds is 4. The van der Waals surface area contributed by atoms with Crippen LogP contribution in [0.5, 0.6) is 5.75 Å². The van der Waals surface area contributed by atoms with Gasteiger partial charge in [0.05, 0.1) is 13.2 Å². The fourth-order valence-electron chi connectivity index (χ4n) is 4.06. The number of nitrogens with zero attached hydrogens (tertiary/aromatic N) is 4. The van der Waals surface area contributed by atoms with Crippen molar-refractivity contribution < 1.29 is 9.90 Å². The summed E-state index contributed by atoms with van der Waals surface area (Å²) in [7, 11) is 3.75. The van der Waals surface area contributed by atoms with Gasteiger partial charge in [-0.1, -0.05) is 37.5 Å². The van der Waals surface area contributed by atoms with Crippen molar-refractivity contribution in [3.8, 4) is 5.75 Å². The van der Waals surface area contributed by atoms with E-state index < -0.39 is 0 Å². The fraction of sp³-hybridized carbons (Fsp3) is 0.500. The average Bonchev–Trinajstić information content (AvgIpc) is 3.01. The Labute approximate surface area is 159 Å². The molecule has 2 heterocycles. The predicted molar refractivity (Wildman–Crippen MR) is 105 cm³/mol. The van der Waals surface area contributed by atoms with Crippen LogP contribution in [0.1, 0.15) is 48.2 Å². The van der Waals surface area contributed by atoms with Crippen LogP contribution in [0.3, 0.4) is 0 Å². The normalized spacial score (nSPS) is 17.9. The zero-order valence-corrected chi connectivity index (χ0v) is 16.0. The molecule has 0 atom stereocenters.